The largest absolute Gasteiger partial charge is 0.354 e. The molecule has 1 aliphatic rings. The molecule has 0 spiro atoms. The van der Waals surface area contributed by atoms with E-state index in [4.69, 9.17) is 0 Å². The fraction of sp³-hybridized carbons (Fsp3) is 0.300. The summed E-state index contributed by atoms with van der Waals surface area (Å²) in [6.07, 6.45) is 3.29. The lowest BCUT2D eigenvalue weighted by atomic mass is 9.83. The van der Waals surface area contributed by atoms with Crippen molar-refractivity contribution in [3.05, 3.63) is 70.0 Å². The van der Waals surface area contributed by atoms with E-state index in [1.54, 1.807) is 24.3 Å². The van der Waals surface area contributed by atoms with Crippen LogP contribution >= 0.6 is 0 Å². The molecule has 1 aliphatic carbocycles. The van der Waals surface area contributed by atoms with Crippen LogP contribution in [0.3, 0.4) is 0 Å². The van der Waals surface area contributed by atoms with Gasteiger partial charge in [0.2, 0.25) is 5.91 Å². The van der Waals surface area contributed by atoms with E-state index in [9.17, 15) is 9.59 Å². The van der Waals surface area contributed by atoms with E-state index < -0.39 is 0 Å². The number of hydrogen-bond acceptors (Lipinski definition) is 4. The first kappa shape index (κ1) is 16.4. The van der Waals surface area contributed by atoms with Gasteiger partial charge in [0, 0.05) is 12.5 Å². The molecule has 0 aliphatic heterocycles. The number of carbonyl (C=O) groups excluding carboxylic acids is 1. The Bertz CT molecular complexity index is 1010. The monoisotopic (exact) mass is 348 g/mol. The molecule has 1 aromatic heterocycles. The van der Waals surface area contributed by atoms with Gasteiger partial charge in [-0.05, 0) is 42.5 Å². The average Bonchev–Trinajstić information content (AvgIpc) is 2.69. The van der Waals surface area contributed by atoms with Gasteiger partial charge in [-0.15, -0.1) is 5.10 Å². The normalized spacial score (nSPS) is 16.2. The summed E-state index contributed by atoms with van der Waals surface area (Å²) in [6, 6.07) is 15.4. The minimum Gasteiger partial charge on any atom is -0.354 e. The lowest BCUT2D eigenvalue weighted by Crippen LogP contribution is -2.36. The molecule has 0 saturated heterocycles. The van der Waals surface area contributed by atoms with E-state index in [1.165, 1.54) is 11.1 Å². The van der Waals surface area contributed by atoms with Crippen LogP contribution in [0.15, 0.2) is 53.3 Å². The molecule has 2 aromatic carbocycles. The number of hydrogen-bond donors (Lipinski definition) is 1. The van der Waals surface area contributed by atoms with Gasteiger partial charge in [-0.2, -0.15) is 0 Å². The van der Waals surface area contributed by atoms with Crippen LogP contribution in [0.5, 0.6) is 0 Å². The van der Waals surface area contributed by atoms with Crippen molar-refractivity contribution in [3.8, 4) is 0 Å². The molecule has 1 atom stereocenters. The molecule has 132 valence electrons. The maximum Gasteiger partial charge on any atom is 0.278 e. The highest BCUT2D eigenvalue weighted by atomic mass is 16.2. The lowest BCUT2D eigenvalue weighted by Gasteiger charge is -2.25. The summed E-state index contributed by atoms with van der Waals surface area (Å²) in [5.74, 6) is 0.100. The third kappa shape index (κ3) is 3.22. The SMILES string of the molecule is O=C(Cn1nnc2ccccc2c1=O)NCC1CCCc2ccccc21. The van der Waals surface area contributed by atoms with Crippen LogP contribution < -0.4 is 10.9 Å². The first-order chi connectivity index (χ1) is 12.7. The number of nitrogens with zero attached hydrogens (tertiary/aromatic N) is 3. The van der Waals surface area contributed by atoms with Crippen LogP contribution in [0, 0.1) is 0 Å². The van der Waals surface area contributed by atoms with Crippen LogP contribution in [0.1, 0.15) is 29.9 Å². The Kier molecular flexibility index (Phi) is 4.48. The van der Waals surface area contributed by atoms with Crippen LogP contribution in [-0.4, -0.2) is 27.4 Å². The second-order valence-corrected chi connectivity index (χ2v) is 6.66. The smallest absolute Gasteiger partial charge is 0.278 e. The summed E-state index contributed by atoms with van der Waals surface area (Å²) >= 11 is 0. The molecule has 1 unspecified atom stereocenters. The summed E-state index contributed by atoms with van der Waals surface area (Å²) in [7, 11) is 0. The van der Waals surface area contributed by atoms with Gasteiger partial charge in [-0.3, -0.25) is 9.59 Å². The van der Waals surface area contributed by atoms with E-state index in [1.807, 2.05) is 6.07 Å². The van der Waals surface area contributed by atoms with Crippen LogP contribution in [0.25, 0.3) is 10.9 Å². The second-order valence-electron chi connectivity index (χ2n) is 6.66. The molecule has 0 fully saturated rings. The molecule has 0 bridgehead atoms. The van der Waals surface area contributed by atoms with Gasteiger partial charge in [-0.1, -0.05) is 41.6 Å². The molecule has 3 aromatic rings. The van der Waals surface area contributed by atoms with Crippen LogP contribution in [-0.2, 0) is 17.8 Å². The molecule has 4 rings (SSSR count). The Morgan fingerprint density at radius 2 is 1.96 bits per heavy atom. The minimum absolute atomic E-state index is 0.120. The summed E-state index contributed by atoms with van der Waals surface area (Å²) < 4.78 is 1.12. The highest BCUT2D eigenvalue weighted by Gasteiger charge is 2.20. The highest BCUT2D eigenvalue weighted by Crippen LogP contribution is 2.30. The van der Waals surface area contributed by atoms with Crippen molar-refractivity contribution in [3.63, 3.8) is 0 Å². The zero-order valence-corrected chi connectivity index (χ0v) is 14.4. The number of aromatic nitrogens is 3. The molecule has 6 nitrogen and oxygen atoms in total. The van der Waals surface area contributed by atoms with Gasteiger partial charge in [0.05, 0.1) is 5.39 Å². The Labute approximate surface area is 150 Å². The van der Waals surface area contributed by atoms with Gasteiger partial charge in [-0.25, -0.2) is 4.68 Å². The van der Waals surface area contributed by atoms with Crippen molar-refractivity contribution in [2.24, 2.45) is 0 Å². The zero-order chi connectivity index (χ0) is 17.9. The van der Waals surface area contributed by atoms with E-state index in [0.29, 0.717) is 23.4 Å². The molecule has 1 heterocycles. The first-order valence-corrected chi connectivity index (χ1v) is 8.89. The average molecular weight is 348 g/mol. The number of carbonyl (C=O) groups is 1. The maximum atomic E-state index is 12.4. The molecule has 1 amide bonds. The highest BCUT2D eigenvalue weighted by molar-refractivity contribution is 5.78. The fourth-order valence-electron chi connectivity index (χ4n) is 3.62. The summed E-state index contributed by atoms with van der Waals surface area (Å²) in [5.41, 5.74) is 2.93. The van der Waals surface area contributed by atoms with E-state index >= 15 is 0 Å². The van der Waals surface area contributed by atoms with E-state index in [0.717, 1.165) is 23.9 Å². The van der Waals surface area contributed by atoms with Crippen molar-refractivity contribution in [1.82, 2.24) is 20.3 Å². The molecule has 0 saturated carbocycles. The third-order valence-corrected chi connectivity index (χ3v) is 4.96. The second kappa shape index (κ2) is 7.07. The Morgan fingerprint density at radius 3 is 2.88 bits per heavy atom. The summed E-state index contributed by atoms with van der Waals surface area (Å²) in [5, 5.41) is 11.3. The molecular formula is C20H20N4O2. The Balaban J connectivity index is 1.44. The van der Waals surface area contributed by atoms with Crippen molar-refractivity contribution in [2.75, 3.05) is 6.54 Å². The number of rotatable bonds is 4. The molecule has 0 radical (unpaired) electrons. The van der Waals surface area contributed by atoms with Gasteiger partial charge in [0.25, 0.3) is 5.56 Å². The van der Waals surface area contributed by atoms with Crippen molar-refractivity contribution in [2.45, 2.75) is 31.7 Å². The van der Waals surface area contributed by atoms with Gasteiger partial charge < -0.3 is 5.32 Å². The molecule has 1 N–H and O–H groups in total. The number of fused-ring (bicyclic) bond motifs is 2. The molecule has 6 heteroatoms. The minimum atomic E-state index is -0.297. The standard InChI is InChI=1S/C20H20N4O2/c25-19(13-24-20(26)17-10-3-4-11-18(17)22-23-24)21-12-15-8-5-7-14-6-1-2-9-16(14)15/h1-4,6,9-11,15H,5,7-8,12-13H2,(H,21,25). The van der Waals surface area contributed by atoms with E-state index in [-0.39, 0.29) is 18.0 Å². The van der Waals surface area contributed by atoms with E-state index in [2.05, 4.69) is 33.8 Å². The third-order valence-electron chi connectivity index (χ3n) is 4.96. The fourth-order valence-corrected chi connectivity index (χ4v) is 3.62. The predicted molar refractivity (Wildman–Crippen MR) is 98.9 cm³/mol. The zero-order valence-electron chi connectivity index (χ0n) is 14.4. The lowest BCUT2D eigenvalue weighted by molar-refractivity contribution is -0.122. The first-order valence-electron chi connectivity index (χ1n) is 8.89. The van der Waals surface area contributed by atoms with Gasteiger partial charge in [0.1, 0.15) is 12.1 Å². The topological polar surface area (TPSA) is 76.9 Å². The Hall–Kier alpha value is -3.02. The number of nitrogens with one attached hydrogen (secondary N) is 1. The maximum absolute atomic E-state index is 12.4. The van der Waals surface area contributed by atoms with Gasteiger partial charge in [0.15, 0.2) is 0 Å². The van der Waals surface area contributed by atoms with Crippen molar-refractivity contribution in [1.29, 1.82) is 0 Å². The van der Waals surface area contributed by atoms with Crippen LogP contribution in [0.4, 0.5) is 0 Å². The van der Waals surface area contributed by atoms with Crippen molar-refractivity contribution < 1.29 is 4.79 Å². The Morgan fingerprint density at radius 1 is 1.15 bits per heavy atom. The molecule has 26 heavy (non-hydrogen) atoms. The van der Waals surface area contributed by atoms with Crippen LogP contribution in [0.2, 0.25) is 0 Å². The molecular weight excluding hydrogens is 328 g/mol. The number of amides is 1. The predicted octanol–water partition coefficient (Wildman–Crippen LogP) is 2.03. The van der Waals surface area contributed by atoms with Gasteiger partial charge >= 0.3 is 0 Å². The number of aryl methyl sites for hydroxylation is 1. The summed E-state index contributed by atoms with van der Waals surface area (Å²) in [6.45, 7) is 0.455. The summed E-state index contributed by atoms with van der Waals surface area (Å²) in [4.78, 5) is 24.7. The quantitative estimate of drug-likeness (QED) is 0.783. The number of benzene rings is 2. The van der Waals surface area contributed by atoms with Crippen molar-refractivity contribution >= 4 is 16.8 Å².